The Morgan fingerprint density at radius 1 is 1.64 bits per heavy atom. The maximum Gasteiger partial charge on any atom is 0.293 e. The van der Waals surface area contributed by atoms with Crippen molar-refractivity contribution in [3.05, 3.63) is 0 Å². The fraction of sp³-hybridized carbons (Fsp3) is 0.800. The smallest absolute Gasteiger partial charge is 0.293 e. The molecule has 1 aliphatic rings. The van der Waals surface area contributed by atoms with Crippen molar-refractivity contribution in [1.29, 1.82) is 0 Å². The third kappa shape index (κ3) is 2.66. The molecule has 1 unspecified atom stereocenters. The van der Waals surface area contributed by atoms with Gasteiger partial charge in [0.2, 0.25) is 0 Å². The van der Waals surface area contributed by atoms with E-state index in [1.165, 1.54) is 0 Å². The van der Waals surface area contributed by atoms with Crippen LogP contribution in [0.1, 0.15) is 6.42 Å². The first kappa shape index (κ1) is 8.79. The average Bonchev–Trinajstić information content (AvgIpc) is 1.85. The van der Waals surface area contributed by atoms with Crippen LogP contribution in [0.25, 0.3) is 0 Å². The van der Waals surface area contributed by atoms with Crippen LogP contribution in [0.5, 0.6) is 0 Å². The van der Waals surface area contributed by atoms with Gasteiger partial charge in [-0.25, -0.2) is 0 Å². The molecule has 0 amide bonds. The molecule has 1 rings (SSSR count). The maximum atomic E-state index is 9.87. The molecule has 6 heteroatoms. The Bertz CT molecular complexity index is 148. The van der Waals surface area contributed by atoms with Crippen molar-refractivity contribution in [3.8, 4) is 0 Å². The minimum absolute atomic E-state index is 0.00819. The molecule has 0 bridgehead atoms. The molecule has 0 aromatic carbocycles. The van der Waals surface area contributed by atoms with Gasteiger partial charge >= 0.3 is 0 Å². The molecule has 0 radical (unpaired) electrons. The first-order valence-electron chi connectivity index (χ1n) is 3.13. The van der Waals surface area contributed by atoms with Gasteiger partial charge in [0.25, 0.3) is 6.47 Å². The second-order valence-electron chi connectivity index (χ2n) is 2.24. The zero-order chi connectivity index (χ0) is 8.32. The standard InChI is InChI=1S/C5H10O5S/c6-4-9-5-1-2-10-11(7,8)3-5/h4-5,7-8H,1-3H2. The summed E-state index contributed by atoms with van der Waals surface area (Å²) in [5.74, 6) is -0.00819. The first-order chi connectivity index (χ1) is 5.14. The Hall–Kier alpha value is -0.300. The van der Waals surface area contributed by atoms with E-state index in [9.17, 15) is 4.79 Å². The fourth-order valence-electron chi connectivity index (χ4n) is 0.873. The quantitative estimate of drug-likeness (QED) is 0.612. The van der Waals surface area contributed by atoms with Gasteiger partial charge in [-0.3, -0.25) is 8.98 Å². The number of ether oxygens (including phenoxy) is 1. The first-order valence-corrected chi connectivity index (χ1v) is 4.77. The maximum absolute atomic E-state index is 9.87. The third-order valence-corrected chi connectivity index (χ3v) is 2.71. The molecular formula is C5H10O5S. The minimum atomic E-state index is -2.94. The van der Waals surface area contributed by atoms with Crippen LogP contribution < -0.4 is 0 Å². The van der Waals surface area contributed by atoms with E-state index < -0.39 is 17.0 Å². The van der Waals surface area contributed by atoms with Gasteiger partial charge in [-0.1, -0.05) is 0 Å². The molecule has 2 N–H and O–H groups in total. The average molecular weight is 182 g/mol. The predicted octanol–water partition coefficient (Wildman–Crippen LogP) is 0.614. The molecule has 0 aliphatic carbocycles. The summed E-state index contributed by atoms with van der Waals surface area (Å²) >= 11 is 0. The number of hydrogen-bond acceptors (Lipinski definition) is 5. The summed E-state index contributed by atoms with van der Waals surface area (Å²) in [6.07, 6.45) is 0.112. The van der Waals surface area contributed by atoms with Crippen LogP contribution in [-0.4, -0.2) is 34.0 Å². The normalized spacial score (nSPS) is 32.4. The minimum Gasteiger partial charge on any atom is -0.463 e. The lowest BCUT2D eigenvalue weighted by atomic mass is 10.3. The van der Waals surface area contributed by atoms with Gasteiger partial charge in [0.15, 0.2) is 0 Å². The second-order valence-corrected chi connectivity index (χ2v) is 4.02. The van der Waals surface area contributed by atoms with E-state index >= 15 is 0 Å². The fourth-order valence-corrected chi connectivity index (χ4v) is 2.06. The van der Waals surface area contributed by atoms with Crippen molar-refractivity contribution in [2.45, 2.75) is 12.5 Å². The van der Waals surface area contributed by atoms with E-state index in [0.29, 0.717) is 12.9 Å². The summed E-state index contributed by atoms with van der Waals surface area (Å²) < 4.78 is 27.2. The molecule has 0 saturated carbocycles. The molecule has 1 fully saturated rings. The largest absolute Gasteiger partial charge is 0.463 e. The molecule has 0 aromatic heterocycles. The van der Waals surface area contributed by atoms with E-state index in [1.54, 1.807) is 0 Å². The Labute approximate surface area is 65.9 Å². The number of carbonyl (C=O) groups is 1. The molecule has 0 spiro atoms. The van der Waals surface area contributed by atoms with Crippen LogP contribution in [0, 0.1) is 0 Å². The van der Waals surface area contributed by atoms with Crippen LogP contribution in [0.2, 0.25) is 0 Å². The molecule has 0 aromatic rings. The lowest BCUT2D eigenvalue weighted by molar-refractivity contribution is -0.133. The van der Waals surface area contributed by atoms with Crippen molar-refractivity contribution < 1.29 is 22.8 Å². The van der Waals surface area contributed by atoms with Gasteiger partial charge in [-0.05, 0) is 0 Å². The molecule has 1 atom stereocenters. The van der Waals surface area contributed by atoms with E-state index in [4.69, 9.17) is 9.11 Å². The number of rotatable bonds is 2. The number of hydrogen-bond donors (Lipinski definition) is 2. The zero-order valence-corrected chi connectivity index (χ0v) is 6.62. The summed E-state index contributed by atoms with van der Waals surface area (Å²) in [6.45, 7) is 0.534. The highest BCUT2D eigenvalue weighted by atomic mass is 32.3. The van der Waals surface area contributed by atoms with E-state index in [0.717, 1.165) is 0 Å². The SMILES string of the molecule is O=COC1CCOS(O)(O)C1. The van der Waals surface area contributed by atoms with Crippen molar-refractivity contribution in [2.24, 2.45) is 0 Å². The van der Waals surface area contributed by atoms with Gasteiger partial charge in [-0.2, -0.15) is 0 Å². The van der Waals surface area contributed by atoms with E-state index in [1.807, 2.05) is 0 Å². The monoisotopic (exact) mass is 182 g/mol. The van der Waals surface area contributed by atoms with Crippen molar-refractivity contribution in [3.63, 3.8) is 0 Å². The Morgan fingerprint density at radius 2 is 2.36 bits per heavy atom. The summed E-state index contributed by atoms with van der Waals surface area (Å²) in [7, 11) is -2.94. The summed E-state index contributed by atoms with van der Waals surface area (Å²) in [6, 6.07) is 0. The Morgan fingerprint density at radius 3 is 2.91 bits per heavy atom. The highest BCUT2D eigenvalue weighted by Crippen LogP contribution is 2.44. The molecule has 5 nitrogen and oxygen atoms in total. The molecule has 11 heavy (non-hydrogen) atoms. The van der Waals surface area contributed by atoms with Gasteiger partial charge < -0.3 is 13.8 Å². The lowest BCUT2D eigenvalue weighted by Gasteiger charge is -2.34. The molecule has 1 heterocycles. The summed E-state index contributed by atoms with van der Waals surface area (Å²) in [4.78, 5) is 9.87. The summed E-state index contributed by atoms with van der Waals surface area (Å²) in [5.41, 5.74) is 0. The van der Waals surface area contributed by atoms with Crippen LogP contribution in [0.4, 0.5) is 0 Å². The van der Waals surface area contributed by atoms with Gasteiger partial charge in [0.1, 0.15) is 6.10 Å². The van der Waals surface area contributed by atoms with Crippen LogP contribution in [0.15, 0.2) is 0 Å². The highest BCUT2D eigenvalue weighted by Gasteiger charge is 2.29. The van der Waals surface area contributed by atoms with Crippen LogP contribution in [-0.2, 0) is 13.7 Å². The summed E-state index contributed by atoms with van der Waals surface area (Å²) in [5, 5.41) is 0. The zero-order valence-electron chi connectivity index (χ0n) is 5.80. The Balaban J connectivity index is 2.39. The molecule has 1 saturated heterocycles. The second kappa shape index (κ2) is 3.40. The van der Waals surface area contributed by atoms with E-state index in [-0.39, 0.29) is 12.4 Å². The van der Waals surface area contributed by atoms with Gasteiger partial charge in [0.05, 0.1) is 23.2 Å². The van der Waals surface area contributed by atoms with E-state index in [2.05, 4.69) is 8.92 Å². The lowest BCUT2D eigenvalue weighted by Crippen LogP contribution is -2.29. The van der Waals surface area contributed by atoms with Crippen molar-refractivity contribution in [2.75, 3.05) is 12.4 Å². The third-order valence-electron chi connectivity index (χ3n) is 1.36. The Kier molecular flexibility index (Phi) is 2.72. The topological polar surface area (TPSA) is 76.0 Å². The van der Waals surface area contributed by atoms with Gasteiger partial charge in [0, 0.05) is 6.42 Å². The van der Waals surface area contributed by atoms with Crippen molar-refractivity contribution in [1.82, 2.24) is 0 Å². The molecule has 1 aliphatic heterocycles. The molecule has 66 valence electrons. The van der Waals surface area contributed by atoms with Crippen LogP contribution in [0.3, 0.4) is 0 Å². The van der Waals surface area contributed by atoms with Crippen molar-refractivity contribution >= 4 is 17.3 Å². The highest BCUT2D eigenvalue weighted by molar-refractivity contribution is 8.20. The molecular weight excluding hydrogens is 172 g/mol. The van der Waals surface area contributed by atoms with Gasteiger partial charge in [-0.15, -0.1) is 0 Å². The predicted molar refractivity (Wildman–Crippen MR) is 39.2 cm³/mol. The van der Waals surface area contributed by atoms with Crippen LogP contribution >= 0.6 is 10.9 Å². The number of carbonyl (C=O) groups excluding carboxylic acids is 1.